The van der Waals surface area contributed by atoms with Gasteiger partial charge in [0, 0.05) is 22.4 Å². The molecule has 29 heavy (non-hydrogen) atoms. The molecule has 0 aliphatic rings. The predicted molar refractivity (Wildman–Crippen MR) is 121 cm³/mol. The molecule has 150 valence electrons. The van der Waals surface area contributed by atoms with E-state index in [9.17, 15) is 9.59 Å². The normalized spacial score (nSPS) is 10.9. The summed E-state index contributed by atoms with van der Waals surface area (Å²) in [5, 5.41) is 3.41. The second-order valence-electron chi connectivity index (χ2n) is 6.72. The summed E-state index contributed by atoms with van der Waals surface area (Å²) in [6, 6.07) is 19.2. The molecule has 0 saturated carbocycles. The van der Waals surface area contributed by atoms with Gasteiger partial charge >= 0.3 is 0 Å². The molecule has 0 spiro atoms. The first-order valence-corrected chi connectivity index (χ1v) is 11.3. The summed E-state index contributed by atoms with van der Waals surface area (Å²) in [4.78, 5) is 32.6. The number of anilines is 1. The maximum atomic E-state index is 12.4. The molecule has 0 atom stereocenters. The van der Waals surface area contributed by atoms with Crippen molar-refractivity contribution < 1.29 is 4.79 Å². The first-order valence-electron chi connectivity index (χ1n) is 9.31. The summed E-state index contributed by atoms with van der Waals surface area (Å²) >= 11 is 2.84. The van der Waals surface area contributed by atoms with E-state index >= 15 is 0 Å². The molecule has 0 saturated heterocycles. The van der Waals surface area contributed by atoms with Gasteiger partial charge in [-0.1, -0.05) is 62.0 Å². The number of carbonyl (C=O) groups excluding carboxylic acids is 1. The van der Waals surface area contributed by atoms with Gasteiger partial charge in [0.2, 0.25) is 5.91 Å². The van der Waals surface area contributed by atoms with Crippen LogP contribution >= 0.6 is 23.5 Å². The average Bonchev–Trinajstić information content (AvgIpc) is 2.71. The number of rotatable bonds is 8. The summed E-state index contributed by atoms with van der Waals surface area (Å²) in [5.74, 6) is 0.950. The number of nitrogens with one attached hydrogen (secondary N) is 2. The molecule has 0 aliphatic heterocycles. The van der Waals surface area contributed by atoms with E-state index in [2.05, 4.69) is 29.1 Å². The van der Waals surface area contributed by atoms with Crippen LogP contribution in [-0.2, 0) is 10.5 Å². The van der Waals surface area contributed by atoms with E-state index in [1.54, 1.807) is 11.8 Å². The van der Waals surface area contributed by atoms with Crippen LogP contribution in [0.2, 0.25) is 0 Å². The van der Waals surface area contributed by atoms with Gasteiger partial charge in [0.15, 0.2) is 5.16 Å². The SMILES string of the molecule is CC(C)c1ccccc1NC(=O)CSc1nc(CSc2ccccc2)cc(=O)[nH]1. The lowest BCUT2D eigenvalue weighted by atomic mass is 10.0. The molecule has 0 unspecified atom stereocenters. The first-order chi connectivity index (χ1) is 14.0. The van der Waals surface area contributed by atoms with E-state index < -0.39 is 0 Å². The van der Waals surface area contributed by atoms with Crippen LogP contribution in [0.4, 0.5) is 5.69 Å². The van der Waals surface area contributed by atoms with Crippen LogP contribution in [0.1, 0.15) is 31.0 Å². The van der Waals surface area contributed by atoms with E-state index in [-0.39, 0.29) is 17.2 Å². The third kappa shape index (κ3) is 6.51. The third-order valence-corrected chi connectivity index (χ3v) is 6.02. The number of amides is 1. The number of aromatic nitrogens is 2. The molecule has 1 heterocycles. The van der Waals surface area contributed by atoms with Crippen LogP contribution in [0.5, 0.6) is 0 Å². The van der Waals surface area contributed by atoms with Crippen molar-refractivity contribution in [3.8, 4) is 0 Å². The van der Waals surface area contributed by atoms with E-state index in [0.717, 1.165) is 16.1 Å². The molecule has 0 radical (unpaired) electrons. The van der Waals surface area contributed by atoms with Gasteiger partial charge in [0.1, 0.15) is 0 Å². The fourth-order valence-corrected chi connectivity index (χ4v) is 4.24. The van der Waals surface area contributed by atoms with E-state index in [1.807, 2.05) is 54.6 Å². The number of aromatic amines is 1. The topological polar surface area (TPSA) is 74.8 Å². The Labute approximate surface area is 178 Å². The minimum atomic E-state index is -0.211. The zero-order valence-electron chi connectivity index (χ0n) is 16.3. The lowest BCUT2D eigenvalue weighted by molar-refractivity contribution is -0.113. The summed E-state index contributed by atoms with van der Waals surface area (Å²) in [7, 11) is 0. The number of nitrogens with zero attached hydrogens (tertiary/aromatic N) is 1. The Balaban J connectivity index is 1.59. The van der Waals surface area contributed by atoms with E-state index in [4.69, 9.17) is 0 Å². The number of hydrogen-bond acceptors (Lipinski definition) is 5. The van der Waals surface area contributed by atoms with Gasteiger partial charge < -0.3 is 10.3 Å². The number of hydrogen-bond donors (Lipinski definition) is 2. The molecular formula is C22H23N3O2S2. The van der Waals surface area contributed by atoms with Crippen LogP contribution in [-0.4, -0.2) is 21.6 Å². The molecular weight excluding hydrogens is 402 g/mol. The molecule has 2 aromatic carbocycles. The Morgan fingerprint density at radius 2 is 1.79 bits per heavy atom. The Kier molecular flexibility index (Phi) is 7.55. The second-order valence-corrected chi connectivity index (χ2v) is 8.74. The lowest BCUT2D eigenvalue weighted by Crippen LogP contribution is -2.17. The third-order valence-electron chi connectivity index (χ3n) is 4.10. The van der Waals surface area contributed by atoms with Gasteiger partial charge in [0.25, 0.3) is 5.56 Å². The number of para-hydroxylation sites is 1. The Bertz CT molecular complexity index is 1020. The molecule has 0 aliphatic carbocycles. The van der Waals surface area contributed by atoms with Crippen LogP contribution in [0, 0.1) is 0 Å². The van der Waals surface area contributed by atoms with Crippen molar-refractivity contribution in [2.75, 3.05) is 11.1 Å². The fraction of sp³-hybridized carbons (Fsp3) is 0.227. The molecule has 1 aromatic heterocycles. The van der Waals surface area contributed by atoms with Crippen molar-refractivity contribution in [3.63, 3.8) is 0 Å². The van der Waals surface area contributed by atoms with E-state index in [1.165, 1.54) is 17.8 Å². The summed E-state index contributed by atoms with van der Waals surface area (Å²) < 4.78 is 0. The monoisotopic (exact) mass is 425 g/mol. The van der Waals surface area contributed by atoms with Crippen LogP contribution < -0.4 is 10.9 Å². The highest BCUT2D eigenvalue weighted by atomic mass is 32.2. The molecule has 5 nitrogen and oxygen atoms in total. The Hall–Kier alpha value is -2.51. The van der Waals surface area contributed by atoms with Crippen LogP contribution in [0.25, 0.3) is 0 Å². The zero-order chi connectivity index (χ0) is 20.6. The highest BCUT2D eigenvalue weighted by Crippen LogP contribution is 2.24. The number of carbonyl (C=O) groups is 1. The highest BCUT2D eigenvalue weighted by molar-refractivity contribution is 7.99. The number of H-pyrrole nitrogens is 1. The number of benzene rings is 2. The highest BCUT2D eigenvalue weighted by Gasteiger charge is 2.11. The number of thioether (sulfide) groups is 2. The van der Waals surface area contributed by atoms with Crippen molar-refractivity contribution >= 4 is 35.1 Å². The predicted octanol–water partition coefficient (Wildman–Crippen LogP) is 4.92. The average molecular weight is 426 g/mol. The molecule has 0 bridgehead atoms. The minimum Gasteiger partial charge on any atom is -0.325 e. The summed E-state index contributed by atoms with van der Waals surface area (Å²) in [6.07, 6.45) is 0. The molecule has 3 rings (SSSR count). The van der Waals surface area contributed by atoms with Crippen LogP contribution in [0.15, 0.2) is 75.5 Å². The van der Waals surface area contributed by atoms with Crippen molar-refractivity contribution in [2.24, 2.45) is 0 Å². The van der Waals surface area contributed by atoms with Crippen molar-refractivity contribution in [1.82, 2.24) is 9.97 Å². The molecule has 7 heteroatoms. The molecule has 1 amide bonds. The van der Waals surface area contributed by atoms with Gasteiger partial charge in [-0.3, -0.25) is 9.59 Å². The standard InChI is InChI=1S/C22H23N3O2S2/c1-15(2)18-10-6-7-11-19(18)24-21(27)14-29-22-23-16(12-20(26)25-22)13-28-17-8-4-3-5-9-17/h3-12,15H,13-14H2,1-2H3,(H,24,27)(H,23,25,26). The smallest absolute Gasteiger partial charge is 0.251 e. The van der Waals surface area contributed by atoms with Gasteiger partial charge in [-0.25, -0.2) is 4.98 Å². The van der Waals surface area contributed by atoms with Crippen molar-refractivity contribution in [2.45, 2.75) is 35.6 Å². The molecule has 2 N–H and O–H groups in total. The molecule has 3 aromatic rings. The maximum absolute atomic E-state index is 12.4. The lowest BCUT2D eigenvalue weighted by Gasteiger charge is -2.13. The Morgan fingerprint density at radius 1 is 1.07 bits per heavy atom. The minimum absolute atomic E-state index is 0.130. The van der Waals surface area contributed by atoms with Crippen molar-refractivity contribution in [3.05, 3.63) is 82.3 Å². The van der Waals surface area contributed by atoms with Gasteiger partial charge in [0.05, 0.1) is 11.4 Å². The quantitative estimate of drug-likeness (QED) is 0.396. The van der Waals surface area contributed by atoms with Gasteiger partial charge in [-0.05, 0) is 29.7 Å². The fourth-order valence-electron chi connectivity index (χ4n) is 2.73. The first kappa shape index (κ1) is 21.2. The van der Waals surface area contributed by atoms with Crippen LogP contribution in [0.3, 0.4) is 0 Å². The summed E-state index contributed by atoms with van der Waals surface area (Å²) in [6.45, 7) is 4.18. The molecule has 0 fully saturated rings. The maximum Gasteiger partial charge on any atom is 0.251 e. The van der Waals surface area contributed by atoms with E-state index in [0.29, 0.717) is 22.5 Å². The Morgan fingerprint density at radius 3 is 2.55 bits per heavy atom. The summed E-state index contributed by atoms with van der Waals surface area (Å²) in [5.41, 5.74) is 2.40. The zero-order valence-corrected chi connectivity index (χ0v) is 18.0. The second kappa shape index (κ2) is 10.3. The van der Waals surface area contributed by atoms with Crippen molar-refractivity contribution in [1.29, 1.82) is 0 Å². The van der Waals surface area contributed by atoms with Gasteiger partial charge in [-0.2, -0.15) is 0 Å². The largest absolute Gasteiger partial charge is 0.325 e. The van der Waals surface area contributed by atoms with Gasteiger partial charge in [-0.15, -0.1) is 11.8 Å².